The van der Waals surface area contributed by atoms with Crippen LogP contribution >= 0.6 is 0 Å². The summed E-state index contributed by atoms with van der Waals surface area (Å²) in [6, 6.07) is 16.9. The standard InChI is InChI=1S/C18H18O4S/c1-2-16(23(20,21)17-11-7-4-8-12-17)13-14-18(19)22-15-9-5-3-6-10-15/h2-12H,13-14H2,1H3/b16-2+. The largest absolute Gasteiger partial charge is 0.427 e. The Kier molecular flexibility index (Phi) is 5.71. The first-order valence-electron chi connectivity index (χ1n) is 7.25. The summed E-state index contributed by atoms with van der Waals surface area (Å²) in [4.78, 5) is 12.3. The van der Waals surface area contributed by atoms with Gasteiger partial charge in [-0.15, -0.1) is 0 Å². The molecule has 2 aromatic rings. The predicted molar refractivity (Wildman–Crippen MR) is 88.7 cm³/mol. The second-order valence-corrected chi connectivity index (χ2v) is 6.86. The molecule has 0 spiro atoms. The van der Waals surface area contributed by atoms with Crippen LogP contribution in [0, 0.1) is 0 Å². The van der Waals surface area contributed by atoms with E-state index in [0.717, 1.165) is 0 Å². The van der Waals surface area contributed by atoms with Gasteiger partial charge in [-0.2, -0.15) is 0 Å². The van der Waals surface area contributed by atoms with Crippen molar-refractivity contribution in [1.82, 2.24) is 0 Å². The maximum atomic E-state index is 12.5. The van der Waals surface area contributed by atoms with Gasteiger partial charge in [0, 0.05) is 4.91 Å². The maximum absolute atomic E-state index is 12.5. The number of carbonyl (C=O) groups is 1. The summed E-state index contributed by atoms with van der Waals surface area (Å²) in [7, 11) is -3.57. The first-order valence-corrected chi connectivity index (χ1v) is 8.73. The molecular formula is C18H18O4S. The highest BCUT2D eigenvalue weighted by atomic mass is 32.2. The zero-order valence-electron chi connectivity index (χ0n) is 12.8. The molecule has 0 aliphatic carbocycles. The van der Waals surface area contributed by atoms with Crippen molar-refractivity contribution in [2.75, 3.05) is 0 Å². The summed E-state index contributed by atoms with van der Waals surface area (Å²) in [5.74, 6) is -0.00995. The Labute approximate surface area is 136 Å². The van der Waals surface area contributed by atoms with Gasteiger partial charge in [-0.3, -0.25) is 4.79 Å². The van der Waals surface area contributed by atoms with Crippen molar-refractivity contribution >= 4 is 15.8 Å². The lowest BCUT2D eigenvalue weighted by Crippen LogP contribution is -2.11. The Morgan fingerprint density at radius 1 is 0.957 bits per heavy atom. The molecule has 0 atom stereocenters. The van der Waals surface area contributed by atoms with Gasteiger partial charge in [-0.25, -0.2) is 8.42 Å². The van der Waals surface area contributed by atoms with Gasteiger partial charge in [0.2, 0.25) is 9.84 Å². The second-order valence-electron chi connectivity index (χ2n) is 4.86. The Balaban J connectivity index is 2.02. The number of hydrogen-bond acceptors (Lipinski definition) is 4. The van der Waals surface area contributed by atoms with Gasteiger partial charge in [0.25, 0.3) is 0 Å². The van der Waals surface area contributed by atoms with E-state index >= 15 is 0 Å². The van der Waals surface area contributed by atoms with Crippen LogP contribution in [0.15, 0.2) is 76.5 Å². The third kappa shape index (κ3) is 4.53. The van der Waals surface area contributed by atoms with Crippen molar-refractivity contribution in [3.05, 3.63) is 71.6 Å². The average Bonchev–Trinajstić information content (AvgIpc) is 2.57. The average molecular weight is 330 g/mol. The van der Waals surface area contributed by atoms with Gasteiger partial charge in [0.15, 0.2) is 0 Å². The topological polar surface area (TPSA) is 60.4 Å². The number of esters is 1. The normalized spacial score (nSPS) is 12.0. The van der Waals surface area contributed by atoms with Gasteiger partial charge in [0.1, 0.15) is 5.75 Å². The van der Waals surface area contributed by atoms with Gasteiger partial charge >= 0.3 is 5.97 Å². The minimum absolute atomic E-state index is 0.000626. The maximum Gasteiger partial charge on any atom is 0.311 e. The molecule has 2 aromatic carbocycles. The summed E-state index contributed by atoms with van der Waals surface area (Å²) < 4.78 is 30.2. The van der Waals surface area contributed by atoms with E-state index in [4.69, 9.17) is 4.74 Å². The van der Waals surface area contributed by atoms with Crippen molar-refractivity contribution in [2.24, 2.45) is 0 Å². The quantitative estimate of drug-likeness (QED) is 0.598. The van der Waals surface area contributed by atoms with Crippen LogP contribution in [0.5, 0.6) is 5.75 Å². The van der Waals surface area contributed by atoms with Crippen LogP contribution in [0.1, 0.15) is 19.8 Å². The summed E-state index contributed by atoms with van der Waals surface area (Å²) >= 11 is 0. The van der Waals surface area contributed by atoms with E-state index in [2.05, 4.69) is 0 Å². The lowest BCUT2D eigenvalue weighted by molar-refractivity contribution is -0.134. The molecule has 0 N–H and O–H groups in total. The first-order chi connectivity index (χ1) is 11.0. The monoisotopic (exact) mass is 330 g/mol. The van der Waals surface area contributed by atoms with Crippen LogP contribution in [-0.4, -0.2) is 14.4 Å². The van der Waals surface area contributed by atoms with Crippen LogP contribution in [0.4, 0.5) is 0 Å². The number of sulfone groups is 1. The number of ether oxygens (including phenoxy) is 1. The van der Waals surface area contributed by atoms with E-state index in [0.29, 0.717) is 5.75 Å². The molecule has 120 valence electrons. The van der Waals surface area contributed by atoms with Crippen LogP contribution in [-0.2, 0) is 14.6 Å². The van der Waals surface area contributed by atoms with Crippen LogP contribution in [0.2, 0.25) is 0 Å². The van der Waals surface area contributed by atoms with E-state index < -0.39 is 15.8 Å². The number of allylic oxidation sites excluding steroid dienone is 2. The van der Waals surface area contributed by atoms with E-state index in [9.17, 15) is 13.2 Å². The zero-order valence-corrected chi connectivity index (χ0v) is 13.6. The van der Waals surface area contributed by atoms with Gasteiger partial charge in [0.05, 0.1) is 11.3 Å². The third-order valence-corrected chi connectivity index (χ3v) is 5.29. The molecule has 0 fully saturated rings. The molecule has 0 unspecified atom stereocenters. The van der Waals surface area contributed by atoms with Crippen molar-refractivity contribution in [3.8, 4) is 5.75 Å². The number of hydrogen-bond donors (Lipinski definition) is 0. The summed E-state index contributed by atoms with van der Waals surface area (Å²) in [6.45, 7) is 1.65. The van der Waals surface area contributed by atoms with E-state index in [1.165, 1.54) is 6.08 Å². The van der Waals surface area contributed by atoms with Gasteiger partial charge < -0.3 is 4.74 Å². The second kappa shape index (κ2) is 7.74. The summed E-state index contributed by atoms with van der Waals surface area (Å²) in [6.07, 6.45) is 1.64. The molecular weight excluding hydrogens is 312 g/mol. The number of rotatable bonds is 6. The fraction of sp³-hybridized carbons (Fsp3) is 0.167. The lowest BCUT2D eigenvalue weighted by atomic mass is 10.3. The molecule has 0 aliphatic heterocycles. The highest BCUT2D eigenvalue weighted by molar-refractivity contribution is 7.95. The molecule has 0 aliphatic rings. The number of benzene rings is 2. The Morgan fingerprint density at radius 3 is 2.09 bits per heavy atom. The molecule has 0 radical (unpaired) electrons. The Hall–Kier alpha value is -2.40. The Morgan fingerprint density at radius 2 is 1.52 bits per heavy atom. The molecule has 5 heteroatoms. The molecule has 23 heavy (non-hydrogen) atoms. The SMILES string of the molecule is C/C=C(\CCC(=O)Oc1ccccc1)S(=O)(=O)c1ccccc1. The van der Waals surface area contributed by atoms with Crippen molar-refractivity contribution in [3.63, 3.8) is 0 Å². The van der Waals surface area contributed by atoms with Gasteiger partial charge in [-0.05, 0) is 37.6 Å². The highest BCUT2D eigenvalue weighted by Crippen LogP contribution is 2.23. The summed E-state index contributed by atoms with van der Waals surface area (Å²) in [5.41, 5.74) is 0. The molecule has 0 heterocycles. The third-order valence-electron chi connectivity index (χ3n) is 3.27. The first kappa shape index (κ1) is 17.0. The lowest BCUT2D eigenvalue weighted by Gasteiger charge is -2.09. The molecule has 0 saturated carbocycles. The Bertz CT molecular complexity index is 778. The van der Waals surface area contributed by atoms with E-state index in [1.807, 2.05) is 6.07 Å². The molecule has 0 amide bonds. The van der Waals surface area contributed by atoms with Crippen LogP contribution in [0.25, 0.3) is 0 Å². The van der Waals surface area contributed by atoms with Gasteiger partial charge in [-0.1, -0.05) is 42.5 Å². The fourth-order valence-electron chi connectivity index (χ4n) is 2.08. The van der Waals surface area contributed by atoms with Crippen LogP contribution in [0.3, 0.4) is 0 Å². The van der Waals surface area contributed by atoms with Crippen molar-refractivity contribution in [1.29, 1.82) is 0 Å². The molecule has 0 saturated heterocycles. The minimum atomic E-state index is -3.57. The highest BCUT2D eigenvalue weighted by Gasteiger charge is 2.20. The predicted octanol–water partition coefficient (Wildman–Crippen LogP) is 3.75. The fourth-order valence-corrected chi connectivity index (χ4v) is 3.58. The van der Waals surface area contributed by atoms with E-state index in [-0.39, 0.29) is 22.6 Å². The van der Waals surface area contributed by atoms with Crippen molar-refractivity contribution in [2.45, 2.75) is 24.7 Å². The minimum Gasteiger partial charge on any atom is -0.427 e. The van der Waals surface area contributed by atoms with E-state index in [1.54, 1.807) is 61.5 Å². The molecule has 0 bridgehead atoms. The molecule has 2 rings (SSSR count). The smallest absolute Gasteiger partial charge is 0.311 e. The summed E-state index contributed by atoms with van der Waals surface area (Å²) in [5, 5.41) is 0. The molecule has 0 aromatic heterocycles. The molecule has 4 nitrogen and oxygen atoms in total. The number of para-hydroxylation sites is 1. The zero-order chi connectivity index (χ0) is 16.7. The van der Waals surface area contributed by atoms with Crippen LogP contribution < -0.4 is 4.74 Å². The number of carbonyl (C=O) groups excluding carboxylic acids is 1. The van der Waals surface area contributed by atoms with Crippen molar-refractivity contribution < 1.29 is 17.9 Å².